The van der Waals surface area contributed by atoms with Crippen molar-refractivity contribution in [2.24, 2.45) is 28.0 Å². The third-order valence-corrected chi connectivity index (χ3v) is 19.3. The van der Waals surface area contributed by atoms with Gasteiger partial charge >= 0.3 is 5.97 Å². The predicted molar refractivity (Wildman–Crippen MR) is 416 cm³/mol. The molecular formula is C81H107FN14O18. The first-order valence-corrected chi connectivity index (χ1v) is 37.7. The number of carbonyl (C=O) groups excluding carboxylic acids is 11. The summed E-state index contributed by atoms with van der Waals surface area (Å²) in [5, 5.41) is 82.9. The number of hydrogen-bond donors (Lipinski definition) is 16. The number of nitrogens with zero attached hydrogens (tertiary/aromatic N) is 3. The molecule has 0 unspecified atom stereocenters. The lowest BCUT2D eigenvalue weighted by molar-refractivity contribution is -0.142. The number of Topliss-reactive ketones (excluding diaryl/α,β-unsaturated/α-hetero) is 3. The molecule has 0 saturated heterocycles. The number of ether oxygens (including phenoxy) is 1. The minimum Gasteiger partial charge on any atom is -0.508 e. The van der Waals surface area contributed by atoms with Gasteiger partial charge in [0, 0.05) is 38.5 Å². The summed E-state index contributed by atoms with van der Waals surface area (Å²) < 4.78 is 21.5. The topological polar surface area (TPSA) is 532 Å². The Kier molecular flexibility index (Phi) is 35.1. The van der Waals surface area contributed by atoms with Gasteiger partial charge in [0.2, 0.25) is 47.3 Å². The summed E-state index contributed by atoms with van der Waals surface area (Å²) in [5.74, 6) is -12.8. The summed E-state index contributed by atoms with van der Waals surface area (Å²) in [6.45, 7) is 11.9. The van der Waals surface area contributed by atoms with E-state index < -0.39 is 186 Å². The first-order valence-electron chi connectivity index (χ1n) is 37.7. The number of phenols is 1. The van der Waals surface area contributed by atoms with E-state index in [1.54, 1.807) is 36.4 Å². The van der Waals surface area contributed by atoms with Crippen LogP contribution in [0, 0.1) is 30.5 Å². The van der Waals surface area contributed by atoms with Gasteiger partial charge in [-0.05, 0) is 155 Å². The highest BCUT2D eigenvalue weighted by atomic mass is 19.1. The molecule has 0 aliphatic carbocycles. The molecule has 616 valence electrons. The summed E-state index contributed by atoms with van der Waals surface area (Å²) >= 11 is 0. The van der Waals surface area contributed by atoms with E-state index in [9.17, 15) is 83.1 Å². The van der Waals surface area contributed by atoms with Crippen LogP contribution in [0.25, 0.3) is 11.1 Å². The van der Waals surface area contributed by atoms with E-state index in [0.29, 0.717) is 49.3 Å². The molecule has 33 heteroatoms. The number of aromatic amines is 1. The minimum atomic E-state index is -2.14. The zero-order valence-electron chi connectivity index (χ0n) is 65.4. The van der Waals surface area contributed by atoms with Crippen LogP contribution in [0.2, 0.25) is 0 Å². The van der Waals surface area contributed by atoms with Gasteiger partial charge in [-0.3, -0.25) is 57.5 Å². The van der Waals surface area contributed by atoms with Crippen molar-refractivity contribution < 1.29 is 92.2 Å². The molecule has 0 radical (unpaired) electrons. The van der Waals surface area contributed by atoms with Crippen molar-refractivity contribution in [3.8, 4) is 22.6 Å². The van der Waals surface area contributed by atoms with Crippen molar-refractivity contribution >= 4 is 70.6 Å². The van der Waals surface area contributed by atoms with E-state index in [2.05, 4.69) is 57.8 Å². The van der Waals surface area contributed by atoms with Crippen LogP contribution in [-0.2, 0) is 96.1 Å². The molecule has 8 amide bonds. The zero-order valence-corrected chi connectivity index (χ0v) is 65.4. The summed E-state index contributed by atoms with van der Waals surface area (Å²) in [6, 6.07) is 16.6. The number of aromatic nitrogens is 4. The van der Waals surface area contributed by atoms with Gasteiger partial charge in [0.15, 0.2) is 23.2 Å². The molecule has 0 bridgehead atoms. The fraction of sp³-hybridized carbons (Fsp3) is 0.469. The number of aryl methyl sites for hydroxylation is 4. The highest BCUT2D eigenvalue weighted by molar-refractivity contribution is 6.00. The Morgan fingerprint density at radius 1 is 0.614 bits per heavy atom. The normalized spacial score (nSPS) is 14.6. The van der Waals surface area contributed by atoms with E-state index in [0.717, 1.165) is 66.1 Å². The molecular weight excluding hydrogens is 1480 g/mol. The van der Waals surface area contributed by atoms with Crippen LogP contribution in [0.4, 0.5) is 4.39 Å². The molecule has 114 heavy (non-hydrogen) atoms. The summed E-state index contributed by atoms with van der Waals surface area (Å²) in [5.41, 5.74) is 20.8. The number of aliphatic hydroxyl groups excluding tert-OH is 3. The molecule has 5 aromatic carbocycles. The van der Waals surface area contributed by atoms with Crippen LogP contribution >= 0.6 is 0 Å². The third-order valence-electron chi connectivity index (χ3n) is 19.3. The molecule has 6 rings (SSSR count). The fourth-order valence-corrected chi connectivity index (χ4v) is 12.9. The molecule has 6 aromatic rings. The minimum absolute atomic E-state index is 0.0131. The van der Waals surface area contributed by atoms with Gasteiger partial charge in [0.25, 0.3) is 0 Å². The number of aliphatic hydroxyl groups is 3. The van der Waals surface area contributed by atoms with Gasteiger partial charge in [-0.2, -0.15) is 5.21 Å². The number of ketones is 3. The predicted octanol–water partition coefficient (Wildman–Crippen LogP) is 2.04. The number of halogens is 1. The number of carbonyl (C=O) groups is 12. The van der Waals surface area contributed by atoms with Gasteiger partial charge < -0.3 is 84.7 Å². The van der Waals surface area contributed by atoms with Crippen LogP contribution in [-0.4, -0.2) is 197 Å². The van der Waals surface area contributed by atoms with Gasteiger partial charge in [-0.15, -0.1) is 10.2 Å². The number of carboxylic acid groups (broad SMARTS) is 1. The lowest BCUT2D eigenvalue weighted by Crippen LogP contribution is -2.62. The Morgan fingerprint density at radius 3 is 1.83 bits per heavy atom. The number of rotatable bonds is 48. The Hall–Kier alpha value is -11.3. The van der Waals surface area contributed by atoms with Crippen molar-refractivity contribution in [3.05, 3.63) is 160 Å². The molecule has 0 aliphatic rings. The number of aliphatic carboxylic acids is 1. The highest BCUT2D eigenvalue weighted by Crippen LogP contribution is 2.32. The number of primary amides is 1. The van der Waals surface area contributed by atoms with Crippen molar-refractivity contribution in [3.63, 3.8) is 0 Å². The number of aromatic hydroxyl groups is 1. The highest BCUT2D eigenvalue weighted by Gasteiger charge is 2.43. The standard InChI is InChI=1S/C81H107FN14O18/c1-9-52-38-56(114-32-13-12-31-83)27-28-57(52)53-23-19-50(20-24-53)37-62(74(108)86-60(73(85)107)18-14-15-51-34-45(2)33-46(3)35-51)87-75(109)63(40-70(105)106)88-76(110)64(44-97)89-77(111)72(48(5)99)92-79(113)81(8,41-54-16-10-11-17-58(54)82)43-67(103)71(47(4)98)91-69(104)30-29-65(101)61(39-68-93-95-96-94-68)90-78(112)80(6,7)42-66(102)59(84)36-49-21-25-55(100)26-22-49/h10-11,16-17,19-28,33-35,38,47-48,59-64,71-72,97-100H,9,12-15,18,29-32,36-37,39-44,83-84H2,1-8H3,(H2,85,107)(H,86,108)(H,87,109)(H,88,110)(H,89,111)(H,90,112)(H,91,104)(H,92,113)(H,105,106)(H,93,94,95,96)/t47-,48-,59+,60+,61+,62+,63+,64+,71+,72+,81-/m1/s1. The second-order valence-electron chi connectivity index (χ2n) is 29.7. The van der Waals surface area contributed by atoms with Crippen LogP contribution in [0.1, 0.15) is 144 Å². The number of nitrogens with two attached hydrogens (primary N) is 3. The Balaban J connectivity index is 1.17. The molecule has 0 spiro atoms. The Morgan fingerprint density at radius 2 is 1.23 bits per heavy atom. The summed E-state index contributed by atoms with van der Waals surface area (Å²) in [7, 11) is 0. The molecule has 0 saturated carbocycles. The summed E-state index contributed by atoms with van der Waals surface area (Å²) in [6.07, 6.45) is -5.13. The maximum Gasteiger partial charge on any atom is 0.305 e. The third kappa shape index (κ3) is 28.4. The second-order valence-corrected chi connectivity index (χ2v) is 29.7. The van der Waals surface area contributed by atoms with E-state index >= 15 is 4.39 Å². The van der Waals surface area contributed by atoms with E-state index in [1.807, 2.05) is 57.2 Å². The number of benzene rings is 5. The number of tetrazole rings is 1. The Bertz CT molecular complexity index is 4290. The van der Waals surface area contributed by atoms with E-state index in [4.69, 9.17) is 21.9 Å². The molecule has 32 nitrogen and oxygen atoms in total. The summed E-state index contributed by atoms with van der Waals surface area (Å²) in [4.78, 5) is 167. The van der Waals surface area contributed by atoms with Gasteiger partial charge in [-0.25, -0.2) is 4.39 Å². The number of phenolic OH excluding ortho intramolecular Hbond substituents is 1. The second kappa shape index (κ2) is 43.7. The van der Waals surface area contributed by atoms with Crippen molar-refractivity contribution in [2.75, 3.05) is 19.8 Å². The lowest BCUT2D eigenvalue weighted by Gasteiger charge is -2.33. The van der Waals surface area contributed by atoms with Crippen molar-refractivity contribution in [1.29, 1.82) is 0 Å². The van der Waals surface area contributed by atoms with Gasteiger partial charge in [-0.1, -0.05) is 123 Å². The first kappa shape index (κ1) is 91.6. The molecule has 1 aromatic heterocycles. The maximum absolute atomic E-state index is 15.6. The van der Waals surface area contributed by atoms with Gasteiger partial charge in [0.1, 0.15) is 53.6 Å². The van der Waals surface area contributed by atoms with Gasteiger partial charge in [0.05, 0.1) is 54.8 Å². The zero-order chi connectivity index (χ0) is 84.1. The lowest BCUT2D eigenvalue weighted by atomic mass is 9.76. The average Bonchev–Trinajstić information content (AvgIpc) is 1.39. The quantitative estimate of drug-likeness (QED) is 0.0243. The SMILES string of the molecule is CCc1cc(OCCCCN)ccc1-c1ccc(C[C@H](NC(=O)[C@H](CC(=O)O)NC(=O)[C@H](CO)NC(=O)[C@@H](NC(=O)[C@@](C)(CC(=O)[C@@H](NC(=O)CCC(=O)[C@H](Cc2nn[nH]n2)NC(=O)C(C)(C)CC(=O)[C@@H](N)Cc2ccc(O)cc2)[C@@H](C)O)Cc2ccccc2F)[C@@H](C)O)C(=O)N[C@@H](CCCc2cc(C)cc(C)c2)C(N)=O)cc1. The Labute approximate surface area is 660 Å². The van der Waals surface area contributed by atoms with Crippen LogP contribution < -0.4 is 59.2 Å². The van der Waals surface area contributed by atoms with Crippen LogP contribution in [0.3, 0.4) is 0 Å². The molecule has 1 heterocycles. The van der Waals surface area contributed by atoms with Crippen LogP contribution in [0.15, 0.2) is 109 Å². The van der Waals surface area contributed by atoms with Crippen LogP contribution in [0.5, 0.6) is 11.5 Å². The first-order chi connectivity index (χ1) is 53.9. The number of nitrogens with one attached hydrogen (secondary N) is 8. The monoisotopic (exact) mass is 1580 g/mol. The largest absolute Gasteiger partial charge is 0.508 e. The van der Waals surface area contributed by atoms with E-state index in [-0.39, 0.29) is 49.2 Å². The smallest absolute Gasteiger partial charge is 0.305 e. The maximum atomic E-state index is 15.6. The number of amides is 8. The van der Waals surface area contributed by atoms with Crippen molar-refractivity contribution in [2.45, 2.75) is 212 Å². The number of unbranched alkanes of at least 4 members (excludes halogenated alkanes) is 1. The number of carboxylic acids is 1. The number of H-pyrrole nitrogens is 1. The van der Waals surface area contributed by atoms with E-state index in [1.165, 1.54) is 51.1 Å². The fourth-order valence-electron chi connectivity index (χ4n) is 12.9. The molecule has 0 fully saturated rings. The molecule has 11 atom stereocenters. The number of hydrogen-bond acceptors (Lipinski definition) is 22. The average molecular weight is 1580 g/mol. The van der Waals surface area contributed by atoms with Crippen molar-refractivity contribution in [1.82, 2.24) is 57.8 Å². The molecule has 0 aliphatic heterocycles. The molecule has 19 N–H and O–H groups in total.